The highest BCUT2D eigenvalue weighted by atomic mass is 35.5. The number of nitrogens with zero attached hydrogens (tertiary/aromatic N) is 1. The molecule has 0 fully saturated rings. The van der Waals surface area contributed by atoms with Crippen molar-refractivity contribution in [2.45, 2.75) is 25.8 Å². The van der Waals surface area contributed by atoms with Crippen molar-refractivity contribution in [3.05, 3.63) is 106 Å². The number of carbonyl (C=O) groups excluding carboxylic acids is 1. The second-order valence-electron chi connectivity index (χ2n) is 6.95. The van der Waals surface area contributed by atoms with Gasteiger partial charge >= 0.3 is 0 Å². The topological polar surface area (TPSA) is 20.3 Å². The molecule has 0 radical (unpaired) electrons. The number of hydrogen-bond donors (Lipinski definition) is 0. The first kappa shape index (κ1) is 17.8. The molecule has 1 aliphatic heterocycles. The van der Waals surface area contributed by atoms with E-state index in [1.54, 1.807) is 0 Å². The van der Waals surface area contributed by atoms with Crippen molar-refractivity contribution in [2.24, 2.45) is 0 Å². The number of benzene rings is 3. The van der Waals surface area contributed by atoms with Crippen LogP contribution in [0.15, 0.2) is 72.8 Å². The van der Waals surface area contributed by atoms with Gasteiger partial charge < -0.3 is 4.90 Å². The van der Waals surface area contributed by atoms with Crippen LogP contribution in [-0.4, -0.2) is 17.4 Å². The van der Waals surface area contributed by atoms with E-state index in [0.29, 0.717) is 11.6 Å². The molecule has 0 aliphatic carbocycles. The maximum atomic E-state index is 13.4. The van der Waals surface area contributed by atoms with Crippen LogP contribution < -0.4 is 0 Å². The van der Waals surface area contributed by atoms with Gasteiger partial charge in [-0.15, -0.1) is 0 Å². The smallest absolute Gasteiger partial charge is 0.254 e. The van der Waals surface area contributed by atoms with Gasteiger partial charge in [0, 0.05) is 17.1 Å². The Kier molecular flexibility index (Phi) is 5.00. The molecule has 1 aliphatic rings. The third kappa shape index (κ3) is 3.50. The molecule has 0 N–H and O–H groups in total. The molecular formula is C24H22ClNO. The van der Waals surface area contributed by atoms with Gasteiger partial charge in [0.25, 0.3) is 5.91 Å². The highest BCUT2D eigenvalue weighted by molar-refractivity contribution is 6.30. The molecule has 1 amide bonds. The zero-order valence-corrected chi connectivity index (χ0v) is 16.1. The van der Waals surface area contributed by atoms with Crippen LogP contribution in [0.4, 0.5) is 0 Å². The van der Waals surface area contributed by atoms with Crippen molar-refractivity contribution in [3.63, 3.8) is 0 Å². The molecular weight excluding hydrogens is 354 g/mol. The molecule has 0 saturated heterocycles. The van der Waals surface area contributed by atoms with Crippen LogP contribution >= 0.6 is 11.6 Å². The Morgan fingerprint density at radius 1 is 1.00 bits per heavy atom. The highest BCUT2D eigenvalue weighted by Gasteiger charge is 2.32. The number of fused-ring (bicyclic) bond motifs is 1. The predicted molar refractivity (Wildman–Crippen MR) is 110 cm³/mol. The second-order valence-corrected chi connectivity index (χ2v) is 7.39. The Bertz CT molecular complexity index is 947. The Morgan fingerprint density at radius 3 is 2.41 bits per heavy atom. The molecule has 1 atom stereocenters. The monoisotopic (exact) mass is 375 g/mol. The minimum Gasteiger partial charge on any atom is -0.327 e. The lowest BCUT2D eigenvalue weighted by Gasteiger charge is -2.38. The summed E-state index contributed by atoms with van der Waals surface area (Å²) in [5.41, 5.74) is 5.58. The standard InChI is InChI=1S/C24H22ClNO/c1-2-17-7-9-20(10-8-17)24(27)26-16-15-18-5-3-4-6-22(18)23(26)19-11-13-21(25)14-12-19/h3-14,23H,2,15-16H2,1H3. The Morgan fingerprint density at radius 2 is 1.70 bits per heavy atom. The van der Waals surface area contributed by atoms with E-state index in [1.165, 1.54) is 16.7 Å². The molecule has 27 heavy (non-hydrogen) atoms. The molecule has 1 unspecified atom stereocenters. The summed E-state index contributed by atoms with van der Waals surface area (Å²) in [6.45, 7) is 2.83. The summed E-state index contributed by atoms with van der Waals surface area (Å²) in [7, 11) is 0. The average Bonchev–Trinajstić information content (AvgIpc) is 2.73. The zero-order valence-electron chi connectivity index (χ0n) is 15.4. The summed E-state index contributed by atoms with van der Waals surface area (Å²) in [5, 5.41) is 0.705. The van der Waals surface area contributed by atoms with Crippen molar-refractivity contribution in [1.82, 2.24) is 4.90 Å². The van der Waals surface area contributed by atoms with Gasteiger partial charge in [-0.3, -0.25) is 4.79 Å². The van der Waals surface area contributed by atoms with E-state index >= 15 is 0 Å². The molecule has 3 aromatic carbocycles. The molecule has 2 nitrogen and oxygen atoms in total. The molecule has 0 bridgehead atoms. The van der Waals surface area contributed by atoms with Crippen LogP contribution in [0.1, 0.15) is 45.6 Å². The fraction of sp³-hybridized carbons (Fsp3) is 0.208. The Balaban J connectivity index is 1.75. The number of rotatable bonds is 3. The van der Waals surface area contributed by atoms with Crippen LogP contribution in [0.5, 0.6) is 0 Å². The van der Waals surface area contributed by atoms with E-state index in [4.69, 9.17) is 11.6 Å². The van der Waals surface area contributed by atoms with Gasteiger partial charge in [-0.25, -0.2) is 0 Å². The van der Waals surface area contributed by atoms with Gasteiger partial charge in [-0.1, -0.05) is 67.1 Å². The van der Waals surface area contributed by atoms with E-state index in [9.17, 15) is 4.79 Å². The summed E-state index contributed by atoms with van der Waals surface area (Å²) >= 11 is 6.09. The molecule has 0 spiro atoms. The normalized spacial score (nSPS) is 16.1. The number of amides is 1. The molecule has 3 heteroatoms. The Labute approximate surface area is 165 Å². The van der Waals surface area contributed by atoms with E-state index in [-0.39, 0.29) is 11.9 Å². The summed E-state index contributed by atoms with van der Waals surface area (Å²) in [6, 6.07) is 24.1. The number of aryl methyl sites for hydroxylation is 1. The van der Waals surface area contributed by atoms with Gasteiger partial charge in [0.05, 0.1) is 6.04 Å². The van der Waals surface area contributed by atoms with Crippen molar-refractivity contribution >= 4 is 17.5 Å². The first-order valence-electron chi connectivity index (χ1n) is 9.40. The van der Waals surface area contributed by atoms with E-state index in [0.717, 1.165) is 24.0 Å². The van der Waals surface area contributed by atoms with Gasteiger partial charge in [-0.2, -0.15) is 0 Å². The molecule has 0 saturated carbocycles. The van der Waals surface area contributed by atoms with Gasteiger partial charge in [0.1, 0.15) is 0 Å². The van der Waals surface area contributed by atoms with Crippen LogP contribution in [0.2, 0.25) is 5.02 Å². The van der Waals surface area contributed by atoms with Crippen molar-refractivity contribution < 1.29 is 4.79 Å². The third-order valence-electron chi connectivity index (χ3n) is 5.34. The van der Waals surface area contributed by atoms with E-state index in [2.05, 4.69) is 25.1 Å². The predicted octanol–water partition coefficient (Wildman–Crippen LogP) is 5.69. The van der Waals surface area contributed by atoms with Crippen LogP contribution in [0, 0.1) is 0 Å². The highest BCUT2D eigenvalue weighted by Crippen LogP contribution is 2.36. The molecule has 1 heterocycles. The van der Waals surface area contributed by atoms with Gasteiger partial charge in [-0.05, 0) is 59.4 Å². The lowest BCUT2D eigenvalue weighted by Crippen LogP contribution is -2.40. The molecule has 4 rings (SSSR count). The lowest BCUT2D eigenvalue weighted by molar-refractivity contribution is 0.0694. The van der Waals surface area contributed by atoms with Crippen molar-refractivity contribution in [2.75, 3.05) is 6.54 Å². The summed E-state index contributed by atoms with van der Waals surface area (Å²) in [4.78, 5) is 15.4. The van der Waals surface area contributed by atoms with Crippen LogP contribution in [-0.2, 0) is 12.8 Å². The second kappa shape index (κ2) is 7.58. The average molecular weight is 376 g/mol. The van der Waals surface area contributed by atoms with Crippen molar-refractivity contribution in [1.29, 1.82) is 0 Å². The van der Waals surface area contributed by atoms with Gasteiger partial charge in [0.15, 0.2) is 0 Å². The first-order chi connectivity index (χ1) is 13.2. The van der Waals surface area contributed by atoms with Gasteiger partial charge in [0.2, 0.25) is 0 Å². The van der Waals surface area contributed by atoms with Crippen LogP contribution in [0.25, 0.3) is 0 Å². The fourth-order valence-electron chi connectivity index (χ4n) is 3.84. The number of hydrogen-bond acceptors (Lipinski definition) is 1. The largest absolute Gasteiger partial charge is 0.327 e. The lowest BCUT2D eigenvalue weighted by atomic mass is 9.87. The SMILES string of the molecule is CCc1ccc(C(=O)N2CCc3ccccc3C2c2ccc(Cl)cc2)cc1. The minimum atomic E-state index is -0.0921. The minimum absolute atomic E-state index is 0.0760. The van der Waals surface area contributed by atoms with Crippen molar-refractivity contribution in [3.8, 4) is 0 Å². The quantitative estimate of drug-likeness (QED) is 0.575. The molecule has 136 valence electrons. The maximum Gasteiger partial charge on any atom is 0.254 e. The summed E-state index contributed by atoms with van der Waals surface area (Å²) in [6.07, 6.45) is 1.85. The van der Waals surface area contributed by atoms with Crippen LogP contribution in [0.3, 0.4) is 0 Å². The zero-order chi connectivity index (χ0) is 18.8. The number of halogens is 1. The fourth-order valence-corrected chi connectivity index (χ4v) is 3.96. The summed E-state index contributed by atoms with van der Waals surface area (Å²) < 4.78 is 0. The maximum absolute atomic E-state index is 13.4. The number of carbonyl (C=O) groups is 1. The molecule has 3 aromatic rings. The Hall–Kier alpha value is -2.58. The first-order valence-corrected chi connectivity index (χ1v) is 9.78. The molecule has 0 aromatic heterocycles. The van der Waals surface area contributed by atoms with E-state index in [1.807, 2.05) is 59.5 Å². The third-order valence-corrected chi connectivity index (χ3v) is 5.59. The van der Waals surface area contributed by atoms with E-state index < -0.39 is 0 Å². The summed E-state index contributed by atoms with van der Waals surface area (Å²) in [5.74, 6) is 0.0760.